The molecular weight excluding hydrogens is 328 g/mol. The molecular formula is C22H40O4. The number of ether oxygens (including phenoxy) is 4. The summed E-state index contributed by atoms with van der Waals surface area (Å²) in [6, 6.07) is 0. The number of unbranched alkanes of at least 4 members (excludes halogenated alkanes) is 8. The van der Waals surface area contributed by atoms with Crippen molar-refractivity contribution in [2.45, 2.75) is 122 Å². The Labute approximate surface area is 160 Å². The number of rotatable bonds is 11. The molecule has 0 aliphatic carbocycles. The summed E-state index contributed by atoms with van der Waals surface area (Å²) in [6.45, 7) is 10.6. The van der Waals surface area contributed by atoms with E-state index in [0.717, 1.165) is 6.42 Å². The minimum Gasteiger partial charge on any atom is -0.348 e. The first-order valence-electron chi connectivity index (χ1n) is 10.7. The van der Waals surface area contributed by atoms with Crippen molar-refractivity contribution in [2.75, 3.05) is 6.61 Å². The Hall–Kier alpha value is -0.420. The van der Waals surface area contributed by atoms with E-state index >= 15 is 0 Å². The van der Waals surface area contributed by atoms with E-state index in [1.54, 1.807) is 0 Å². The van der Waals surface area contributed by atoms with Crippen LogP contribution in [0.25, 0.3) is 0 Å². The predicted molar refractivity (Wildman–Crippen MR) is 105 cm³/mol. The van der Waals surface area contributed by atoms with E-state index in [2.05, 4.69) is 19.1 Å². The molecule has 0 N–H and O–H groups in total. The van der Waals surface area contributed by atoms with Gasteiger partial charge in [-0.05, 0) is 40.5 Å². The Morgan fingerprint density at radius 3 is 2.08 bits per heavy atom. The highest BCUT2D eigenvalue weighted by atomic mass is 16.8. The van der Waals surface area contributed by atoms with Crippen LogP contribution in [0.2, 0.25) is 0 Å². The molecule has 2 heterocycles. The van der Waals surface area contributed by atoms with Gasteiger partial charge in [0.15, 0.2) is 11.6 Å². The lowest BCUT2D eigenvalue weighted by Gasteiger charge is -2.22. The third kappa shape index (κ3) is 7.30. The highest BCUT2D eigenvalue weighted by molar-refractivity contribution is 5.01. The van der Waals surface area contributed by atoms with Crippen molar-refractivity contribution in [2.24, 2.45) is 0 Å². The van der Waals surface area contributed by atoms with E-state index in [0.29, 0.717) is 6.61 Å². The van der Waals surface area contributed by atoms with Crippen LogP contribution < -0.4 is 0 Å². The third-order valence-corrected chi connectivity index (χ3v) is 5.11. The fourth-order valence-electron chi connectivity index (χ4n) is 3.76. The molecule has 0 spiro atoms. The standard InChI is InChI=1S/C22H40O4/c1-6-7-8-9-10-11-12-13-14-15-16-18-20(26-22(4,5)24-18)19-17-23-21(2,3)25-19/h15-16,18-20H,6-14,17H2,1-5H3/b16-15+/t18-,19-,20+/m1/s1. The largest absolute Gasteiger partial charge is 0.348 e. The van der Waals surface area contributed by atoms with Crippen LogP contribution >= 0.6 is 0 Å². The third-order valence-electron chi connectivity index (χ3n) is 5.11. The van der Waals surface area contributed by atoms with Crippen molar-refractivity contribution in [1.82, 2.24) is 0 Å². The van der Waals surface area contributed by atoms with Gasteiger partial charge in [0.25, 0.3) is 0 Å². The van der Waals surface area contributed by atoms with Gasteiger partial charge < -0.3 is 18.9 Å². The molecule has 0 aromatic carbocycles. The quantitative estimate of drug-likeness (QED) is 0.344. The lowest BCUT2D eigenvalue weighted by molar-refractivity contribution is -0.174. The van der Waals surface area contributed by atoms with Gasteiger partial charge in [0.1, 0.15) is 18.3 Å². The molecule has 3 atom stereocenters. The minimum atomic E-state index is -0.575. The molecule has 0 aromatic rings. The zero-order chi connectivity index (χ0) is 19.0. The van der Waals surface area contributed by atoms with Crippen LogP contribution in [0.4, 0.5) is 0 Å². The zero-order valence-electron chi connectivity index (χ0n) is 17.6. The predicted octanol–water partition coefficient (Wildman–Crippen LogP) is 5.75. The van der Waals surface area contributed by atoms with Crippen molar-refractivity contribution in [1.29, 1.82) is 0 Å². The fourth-order valence-corrected chi connectivity index (χ4v) is 3.76. The summed E-state index contributed by atoms with van der Waals surface area (Å²) >= 11 is 0. The topological polar surface area (TPSA) is 36.9 Å². The van der Waals surface area contributed by atoms with Crippen LogP contribution in [0.1, 0.15) is 92.4 Å². The first-order valence-corrected chi connectivity index (χ1v) is 10.7. The Bertz CT molecular complexity index is 430. The highest BCUT2D eigenvalue weighted by Gasteiger charge is 2.48. The summed E-state index contributed by atoms with van der Waals surface area (Å²) in [6.07, 6.45) is 16.1. The average Bonchev–Trinajstić information content (AvgIpc) is 3.07. The highest BCUT2D eigenvalue weighted by Crippen LogP contribution is 2.36. The van der Waals surface area contributed by atoms with Crippen LogP contribution in [-0.2, 0) is 18.9 Å². The molecule has 152 valence electrons. The molecule has 0 radical (unpaired) electrons. The maximum atomic E-state index is 6.10. The lowest BCUT2D eigenvalue weighted by atomic mass is 10.1. The SMILES string of the molecule is CCCCCCCCCC/C=C/[C@H]1OC(C)(C)O[C@@H]1[C@H]1COC(C)(C)O1. The normalized spacial score (nSPS) is 30.4. The minimum absolute atomic E-state index is 0.0680. The average molecular weight is 369 g/mol. The van der Waals surface area contributed by atoms with Gasteiger partial charge in [0, 0.05) is 0 Å². The van der Waals surface area contributed by atoms with E-state index in [-0.39, 0.29) is 18.3 Å². The number of hydrogen-bond donors (Lipinski definition) is 0. The van der Waals surface area contributed by atoms with Crippen LogP contribution in [0.3, 0.4) is 0 Å². The van der Waals surface area contributed by atoms with Gasteiger partial charge in [-0.3, -0.25) is 0 Å². The molecule has 2 fully saturated rings. The molecule has 0 saturated carbocycles. The summed E-state index contributed by atoms with van der Waals surface area (Å²) < 4.78 is 23.9. The summed E-state index contributed by atoms with van der Waals surface area (Å²) in [7, 11) is 0. The molecule has 0 amide bonds. The van der Waals surface area contributed by atoms with Crippen molar-refractivity contribution in [3.05, 3.63) is 12.2 Å². The van der Waals surface area contributed by atoms with Crippen molar-refractivity contribution in [3.63, 3.8) is 0 Å². The van der Waals surface area contributed by atoms with Gasteiger partial charge in [-0.15, -0.1) is 0 Å². The lowest BCUT2D eigenvalue weighted by Crippen LogP contribution is -2.37. The molecule has 4 heteroatoms. The van der Waals surface area contributed by atoms with Crippen LogP contribution in [-0.4, -0.2) is 36.5 Å². The zero-order valence-corrected chi connectivity index (χ0v) is 17.6. The summed E-state index contributed by atoms with van der Waals surface area (Å²) in [5, 5.41) is 0. The van der Waals surface area contributed by atoms with E-state index < -0.39 is 11.6 Å². The summed E-state index contributed by atoms with van der Waals surface area (Å²) in [5.41, 5.74) is 0. The molecule has 2 rings (SSSR count). The first-order chi connectivity index (χ1) is 12.3. The molecule has 0 unspecified atom stereocenters. The van der Waals surface area contributed by atoms with E-state index in [4.69, 9.17) is 18.9 Å². The van der Waals surface area contributed by atoms with Crippen molar-refractivity contribution >= 4 is 0 Å². The second-order valence-corrected chi connectivity index (χ2v) is 8.62. The molecule has 0 aromatic heterocycles. The van der Waals surface area contributed by atoms with E-state index in [1.165, 1.54) is 51.4 Å². The molecule has 2 saturated heterocycles. The molecule has 2 aliphatic rings. The number of hydrogen-bond acceptors (Lipinski definition) is 4. The first kappa shape index (κ1) is 21.9. The second kappa shape index (κ2) is 10.2. The van der Waals surface area contributed by atoms with Gasteiger partial charge in [-0.2, -0.15) is 0 Å². The Morgan fingerprint density at radius 1 is 0.808 bits per heavy atom. The smallest absolute Gasteiger partial charge is 0.164 e. The van der Waals surface area contributed by atoms with Gasteiger partial charge in [-0.25, -0.2) is 0 Å². The second-order valence-electron chi connectivity index (χ2n) is 8.62. The molecule has 2 aliphatic heterocycles. The Balaban J connectivity index is 1.68. The fraction of sp³-hybridized carbons (Fsp3) is 0.909. The summed E-state index contributed by atoms with van der Waals surface area (Å²) in [4.78, 5) is 0. The summed E-state index contributed by atoms with van der Waals surface area (Å²) in [5.74, 6) is -1.11. The molecule has 4 nitrogen and oxygen atoms in total. The maximum Gasteiger partial charge on any atom is 0.164 e. The van der Waals surface area contributed by atoms with Gasteiger partial charge >= 0.3 is 0 Å². The van der Waals surface area contributed by atoms with Gasteiger partial charge in [-0.1, -0.05) is 64.0 Å². The van der Waals surface area contributed by atoms with Crippen LogP contribution in [0, 0.1) is 0 Å². The number of allylic oxidation sites excluding steroid dienone is 1. The van der Waals surface area contributed by atoms with Gasteiger partial charge in [0.2, 0.25) is 0 Å². The monoisotopic (exact) mass is 368 g/mol. The van der Waals surface area contributed by atoms with E-state index in [1.807, 2.05) is 27.7 Å². The van der Waals surface area contributed by atoms with E-state index in [9.17, 15) is 0 Å². The Kier molecular flexibility index (Phi) is 8.59. The Morgan fingerprint density at radius 2 is 1.46 bits per heavy atom. The van der Waals surface area contributed by atoms with Crippen molar-refractivity contribution in [3.8, 4) is 0 Å². The molecule has 0 bridgehead atoms. The van der Waals surface area contributed by atoms with Crippen LogP contribution in [0.5, 0.6) is 0 Å². The van der Waals surface area contributed by atoms with Crippen LogP contribution in [0.15, 0.2) is 12.2 Å². The maximum absolute atomic E-state index is 6.10. The van der Waals surface area contributed by atoms with Gasteiger partial charge in [0.05, 0.1) is 6.61 Å². The molecule has 26 heavy (non-hydrogen) atoms. The van der Waals surface area contributed by atoms with Crippen molar-refractivity contribution < 1.29 is 18.9 Å².